The molecule has 0 radical (unpaired) electrons. The molecule has 11 nitrogen and oxygen atoms in total. The van der Waals surface area contributed by atoms with E-state index in [-0.39, 0.29) is 23.9 Å². The van der Waals surface area contributed by atoms with Crippen LogP contribution in [0, 0.1) is 0 Å². The van der Waals surface area contributed by atoms with E-state index in [1.165, 1.54) is 11.3 Å². The van der Waals surface area contributed by atoms with Crippen LogP contribution in [0.3, 0.4) is 0 Å². The predicted molar refractivity (Wildman–Crippen MR) is 190 cm³/mol. The number of nitrogens with one attached hydrogen (secondary N) is 2. The van der Waals surface area contributed by atoms with Crippen molar-refractivity contribution >= 4 is 39.2 Å². The molecular formula is C37H35N5O6S. The van der Waals surface area contributed by atoms with Crippen LogP contribution in [-0.4, -0.2) is 44.8 Å². The maximum atomic E-state index is 13.6. The molecule has 4 N–H and O–H groups in total. The third kappa shape index (κ3) is 9.46. The van der Waals surface area contributed by atoms with Gasteiger partial charge < -0.3 is 20.5 Å². The van der Waals surface area contributed by atoms with E-state index in [9.17, 15) is 18.0 Å². The summed E-state index contributed by atoms with van der Waals surface area (Å²) in [5.41, 5.74) is 13.6. The van der Waals surface area contributed by atoms with Crippen LogP contribution in [0.1, 0.15) is 16.7 Å². The van der Waals surface area contributed by atoms with Gasteiger partial charge in [0.15, 0.2) is 9.84 Å². The number of benzene rings is 5. The number of amidine groups is 1. The van der Waals surface area contributed by atoms with Gasteiger partial charge in [0.1, 0.15) is 18.2 Å². The van der Waals surface area contributed by atoms with Gasteiger partial charge >= 0.3 is 12.1 Å². The summed E-state index contributed by atoms with van der Waals surface area (Å²) in [6.07, 6.45) is 0.327. The SMILES string of the molecule is COc1ccc(COC(=O)/N=C(\N)c2cccc(NN(Cc3ccccc3)C(=O)Nc3ccc(-c4ccccc4S(C)(=O)=O)cc3)c2)cc1. The average Bonchev–Trinajstić information content (AvgIpc) is 3.11. The van der Waals surface area contributed by atoms with E-state index in [4.69, 9.17) is 15.2 Å². The highest BCUT2D eigenvalue weighted by molar-refractivity contribution is 7.90. The number of methoxy groups -OCH3 is 1. The van der Waals surface area contributed by atoms with E-state index in [0.29, 0.717) is 33.8 Å². The zero-order chi connectivity index (χ0) is 34.8. The number of rotatable bonds is 11. The number of amides is 3. The van der Waals surface area contributed by atoms with Crippen molar-refractivity contribution in [3.63, 3.8) is 0 Å². The number of sulfone groups is 1. The lowest BCUT2D eigenvalue weighted by Crippen LogP contribution is -2.39. The van der Waals surface area contributed by atoms with Gasteiger partial charge in [-0.05, 0) is 59.2 Å². The van der Waals surface area contributed by atoms with Gasteiger partial charge in [-0.3, -0.25) is 5.43 Å². The van der Waals surface area contributed by atoms with Crippen LogP contribution in [0.4, 0.5) is 21.0 Å². The minimum absolute atomic E-state index is 0.0153. The molecule has 5 aromatic rings. The van der Waals surface area contributed by atoms with Crippen molar-refractivity contribution in [2.75, 3.05) is 24.1 Å². The maximum absolute atomic E-state index is 13.6. The van der Waals surface area contributed by atoms with Crippen LogP contribution in [0.5, 0.6) is 5.75 Å². The Kier molecular flexibility index (Phi) is 10.9. The van der Waals surface area contributed by atoms with Gasteiger partial charge in [0.05, 0.1) is 24.2 Å². The summed E-state index contributed by atoms with van der Waals surface area (Å²) >= 11 is 0. The van der Waals surface area contributed by atoms with E-state index in [0.717, 1.165) is 11.1 Å². The molecular weight excluding hydrogens is 643 g/mol. The zero-order valence-corrected chi connectivity index (χ0v) is 27.7. The third-order valence-corrected chi connectivity index (χ3v) is 8.47. The number of hydrogen-bond donors (Lipinski definition) is 3. The first-order valence-corrected chi connectivity index (χ1v) is 17.0. The molecule has 0 aromatic heterocycles. The van der Waals surface area contributed by atoms with E-state index >= 15 is 0 Å². The van der Waals surface area contributed by atoms with E-state index in [1.54, 1.807) is 104 Å². The highest BCUT2D eigenvalue weighted by Gasteiger charge is 2.17. The van der Waals surface area contributed by atoms with Crippen LogP contribution in [0.25, 0.3) is 11.1 Å². The molecule has 0 heterocycles. The second kappa shape index (κ2) is 15.6. The largest absolute Gasteiger partial charge is 0.497 e. The third-order valence-electron chi connectivity index (χ3n) is 7.32. The molecule has 12 heteroatoms. The van der Waals surface area contributed by atoms with Crippen molar-refractivity contribution < 1.29 is 27.5 Å². The van der Waals surface area contributed by atoms with Crippen LogP contribution in [-0.2, 0) is 27.7 Å². The molecule has 5 aromatic carbocycles. The van der Waals surface area contributed by atoms with Crippen LogP contribution in [0.15, 0.2) is 137 Å². The van der Waals surface area contributed by atoms with Crippen molar-refractivity contribution in [1.82, 2.24) is 5.01 Å². The molecule has 0 bridgehead atoms. The summed E-state index contributed by atoms with van der Waals surface area (Å²) in [6, 6.07) is 36.6. The van der Waals surface area contributed by atoms with Crippen LogP contribution in [0.2, 0.25) is 0 Å². The summed E-state index contributed by atoms with van der Waals surface area (Å²) in [7, 11) is -1.87. The standard InChI is InChI=1S/C37H35N5O6S/c1-47-32-21-15-27(16-22-32)25-48-37(44)40-35(38)29-11-8-12-31(23-29)41-42(24-26-9-4-3-5-10-26)36(43)39-30-19-17-28(18-20-30)33-13-6-7-14-34(33)49(2,45)46/h3-23,41H,24-25H2,1-2H3,(H,39,43)(H2,38,40,44). The van der Waals surface area contributed by atoms with Gasteiger partial charge in [-0.15, -0.1) is 0 Å². The monoisotopic (exact) mass is 677 g/mol. The Hall–Kier alpha value is -6.14. The molecule has 0 aliphatic heterocycles. The lowest BCUT2D eigenvalue weighted by molar-refractivity contribution is 0.151. The van der Waals surface area contributed by atoms with E-state index < -0.39 is 22.0 Å². The molecule has 250 valence electrons. The first kappa shape index (κ1) is 34.2. The van der Waals surface area contributed by atoms with Crippen molar-refractivity contribution in [3.8, 4) is 16.9 Å². The normalized spacial score (nSPS) is 11.3. The Bertz CT molecular complexity index is 2050. The smallest absolute Gasteiger partial charge is 0.435 e. The quantitative estimate of drug-likeness (QED) is 0.0778. The highest BCUT2D eigenvalue weighted by Crippen LogP contribution is 2.28. The Morgan fingerprint density at radius 3 is 2.18 bits per heavy atom. The summed E-state index contributed by atoms with van der Waals surface area (Å²) in [5, 5.41) is 4.29. The van der Waals surface area contributed by atoms with Crippen molar-refractivity contribution in [1.29, 1.82) is 0 Å². The van der Waals surface area contributed by atoms with E-state index in [2.05, 4.69) is 15.7 Å². The van der Waals surface area contributed by atoms with Gasteiger partial charge in [-0.2, -0.15) is 4.99 Å². The summed E-state index contributed by atoms with van der Waals surface area (Å²) in [6.45, 7) is 0.222. The van der Waals surface area contributed by atoms with Gasteiger partial charge in [-0.1, -0.05) is 84.9 Å². The summed E-state index contributed by atoms with van der Waals surface area (Å²) in [4.78, 5) is 30.1. The number of carbonyl (C=O) groups excluding carboxylic acids is 2. The van der Waals surface area contributed by atoms with E-state index in [1.807, 2.05) is 30.3 Å². The Morgan fingerprint density at radius 2 is 1.49 bits per heavy atom. The topological polar surface area (TPSA) is 152 Å². The number of hydrazine groups is 1. The van der Waals surface area contributed by atoms with Crippen molar-refractivity contribution in [2.45, 2.75) is 18.0 Å². The second-order valence-corrected chi connectivity index (χ2v) is 12.9. The minimum Gasteiger partial charge on any atom is -0.497 e. The minimum atomic E-state index is -3.44. The maximum Gasteiger partial charge on any atom is 0.435 e. The molecule has 0 saturated carbocycles. The fourth-order valence-corrected chi connectivity index (χ4v) is 5.76. The number of urea groups is 1. The first-order valence-electron chi connectivity index (χ1n) is 15.1. The van der Waals surface area contributed by atoms with Crippen LogP contribution < -0.4 is 21.2 Å². The molecule has 5 rings (SSSR count). The van der Waals surface area contributed by atoms with Gasteiger partial charge in [0.25, 0.3) is 0 Å². The first-order chi connectivity index (χ1) is 23.6. The second-order valence-electron chi connectivity index (χ2n) is 10.9. The number of ether oxygens (including phenoxy) is 2. The molecule has 0 saturated heterocycles. The zero-order valence-electron chi connectivity index (χ0n) is 26.9. The fourth-order valence-electron chi connectivity index (χ4n) is 4.85. The van der Waals surface area contributed by atoms with Gasteiger partial charge in [0, 0.05) is 23.1 Å². The highest BCUT2D eigenvalue weighted by atomic mass is 32.2. The molecule has 0 fully saturated rings. The summed E-state index contributed by atoms with van der Waals surface area (Å²) < 4.78 is 35.0. The Balaban J connectivity index is 1.29. The predicted octanol–water partition coefficient (Wildman–Crippen LogP) is 6.87. The number of anilines is 2. The molecule has 0 atom stereocenters. The van der Waals surface area contributed by atoms with Crippen LogP contribution >= 0.6 is 0 Å². The number of aliphatic imine (C=N–C) groups is 1. The number of nitrogens with two attached hydrogens (primary N) is 1. The average molecular weight is 678 g/mol. The number of carbonyl (C=O) groups is 2. The van der Waals surface area contributed by atoms with Gasteiger partial charge in [-0.25, -0.2) is 23.0 Å². The van der Waals surface area contributed by atoms with Crippen molar-refractivity contribution in [3.05, 3.63) is 144 Å². The Morgan fingerprint density at radius 1 is 0.796 bits per heavy atom. The molecule has 49 heavy (non-hydrogen) atoms. The summed E-state index contributed by atoms with van der Waals surface area (Å²) in [5.74, 6) is 0.634. The molecule has 0 aliphatic rings. The molecule has 0 aliphatic carbocycles. The fraction of sp³-hybridized carbons (Fsp3) is 0.108. The lowest BCUT2D eigenvalue weighted by atomic mass is 10.1. The molecule has 0 spiro atoms. The van der Waals surface area contributed by atoms with Gasteiger partial charge in [0.2, 0.25) is 0 Å². The molecule has 3 amide bonds. The number of nitrogens with zero attached hydrogens (tertiary/aromatic N) is 2. The Labute approximate surface area is 284 Å². The number of hydrogen-bond acceptors (Lipinski definition) is 7. The van der Waals surface area contributed by atoms with Crippen molar-refractivity contribution in [2.24, 2.45) is 10.7 Å². The molecule has 0 unspecified atom stereocenters. The lowest BCUT2D eigenvalue weighted by Gasteiger charge is -2.25.